The minimum absolute atomic E-state index is 0.151. The summed E-state index contributed by atoms with van der Waals surface area (Å²) in [5, 5.41) is 19.0. The van der Waals surface area contributed by atoms with E-state index < -0.39 is 0 Å². The number of benzene rings is 1. The van der Waals surface area contributed by atoms with Gasteiger partial charge in [-0.1, -0.05) is 23.7 Å². The molecular weight excluding hydrogens is 322 g/mol. The molecule has 0 radical (unpaired) electrons. The molecule has 22 heavy (non-hydrogen) atoms. The molecule has 1 heterocycles. The van der Waals surface area contributed by atoms with E-state index >= 15 is 0 Å². The number of amides is 1. The smallest absolute Gasteiger partial charge is 0.255 e. The van der Waals surface area contributed by atoms with Gasteiger partial charge in [-0.25, -0.2) is 0 Å². The monoisotopic (exact) mass is 339 g/mol. The second kappa shape index (κ2) is 8.82. The third-order valence-corrected chi connectivity index (χ3v) is 4.32. The highest BCUT2D eigenvalue weighted by Gasteiger charge is 2.14. The van der Waals surface area contributed by atoms with Crippen LogP contribution in [0.25, 0.3) is 11.3 Å². The Morgan fingerprint density at radius 1 is 1.32 bits per heavy atom. The lowest BCUT2D eigenvalue weighted by Crippen LogP contribution is -2.26. The number of carbonyl (C=O) groups is 1. The second-order valence-corrected chi connectivity index (χ2v) is 6.27. The average molecular weight is 340 g/mol. The van der Waals surface area contributed by atoms with Crippen molar-refractivity contribution in [1.82, 2.24) is 15.5 Å². The van der Waals surface area contributed by atoms with Gasteiger partial charge in [0.25, 0.3) is 5.91 Å². The fourth-order valence-corrected chi connectivity index (χ4v) is 2.81. The maximum Gasteiger partial charge on any atom is 0.255 e. The molecule has 0 atom stereocenters. The highest BCUT2D eigenvalue weighted by molar-refractivity contribution is 7.99. The van der Waals surface area contributed by atoms with Gasteiger partial charge < -0.3 is 10.4 Å². The minimum Gasteiger partial charge on any atom is -0.396 e. The van der Waals surface area contributed by atoms with E-state index in [4.69, 9.17) is 16.7 Å². The summed E-state index contributed by atoms with van der Waals surface area (Å²) >= 11 is 7.58. The lowest BCUT2D eigenvalue weighted by Gasteiger charge is -2.06. The van der Waals surface area contributed by atoms with Crippen LogP contribution in [-0.2, 0) is 0 Å². The Hall–Kier alpha value is -1.50. The number of halogens is 1. The quantitative estimate of drug-likeness (QED) is 0.646. The van der Waals surface area contributed by atoms with Crippen LogP contribution in [0.3, 0.4) is 0 Å². The normalized spacial score (nSPS) is 10.6. The van der Waals surface area contributed by atoms with Gasteiger partial charge in [0.15, 0.2) is 0 Å². The Kier molecular flexibility index (Phi) is 6.76. The summed E-state index contributed by atoms with van der Waals surface area (Å²) < 4.78 is 0. The highest BCUT2D eigenvalue weighted by Crippen LogP contribution is 2.22. The number of rotatable bonds is 8. The third kappa shape index (κ3) is 4.76. The zero-order valence-corrected chi connectivity index (χ0v) is 13.6. The predicted octanol–water partition coefficient (Wildman–Crippen LogP) is 2.58. The number of nitrogens with one attached hydrogen (secondary N) is 2. The van der Waals surface area contributed by atoms with Crippen LogP contribution in [0.2, 0.25) is 5.02 Å². The molecule has 1 amide bonds. The summed E-state index contributed by atoms with van der Waals surface area (Å²) in [6.07, 6.45) is 2.30. The molecule has 0 aliphatic carbocycles. The maximum absolute atomic E-state index is 12.2. The number of carbonyl (C=O) groups excluding carboxylic acids is 1. The second-order valence-electron chi connectivity index (χ2n) is 4.61. The summed E-state index contributed by atoms with van der Waals surface area (Å²) in [4.78, 5) is 12.2. The largest absolute Gasteiger partial charge is 0.396 e. The molecule has 0 saturated heterocycles. The van der Waals surface area contributed by atoms with Crippen molar-refractivity contribution in [2.75, 3.05) is 24.7 Å². The molecule has 0 bridgehead atoms. The number of aliphatic hydroxyl groups excluding tert-OH is 1. The molecule has 0 saturated carbocycles. The van der Waals surface area contributed by atoms with Crippen LogP contribution >= 0.6 is 23.4 Å². The minimum atomic E-state index is -0.151. The number of aromatic nitrogens is 2. The molecule has 1 aromatic carbocycles. The first-order chi connectivity index (χ1) is 10.7. The number of H-pyrrole nitrogens is 1. The van der Waals surface area contributed by atoms with E-state index in [2.05, 4.69) is 15.5 Å². The van der Waals surface area contributed by atoms with Crippen molar-refractivity contribution >= 4 is 29.3 Å². The van der Waals surface area contributed by atoms with E-state index in [1.165, 1.54) is 6.20 Å². The average Bonchev–Trinajstić information content (AvgIpc) is 3.01. The molecule has 7 heteroatoms. The number of aromatic amines is 1. The molecular formula is C15H18ClN3O2S. The molecule has 1 aromatic heterocycles. The molecule has 0 fully saturated rings. The standard InChI is InChI=1S/C15H18ClN3O2S/c16-12-4-2-11(3-5-12)14-13(10-18-19-14)15(21)17-6-9-22-8-1-7-20/h2-5,10,20H,1,6-9H2,(H,17,21)(H,18,19). The third-order valence-electron chi connectivity index (χ3n) is 3.00. The van der Waals surface area contributed by atoms with Crippen LogP contribution in [0, 0.1) is 0 Å². The molecule has 2 rings (SSSR count). The number of thioether (sulfide) groups is 1. The molecule has 2 aromatic rings. The van der Waals surface area contributed by atoms with Crippen LogP contribution in [0.4, 0.5) is 0 Å². The molecule has 0 unspecified atom stereocenters. The van der Waals surface area contributed by atoms with Crippen LogP contribution in [-0.4, -0.2) is 45.9 Å². The van der Waals surface area contributed by atoms with E-state index in [1.54, 1.807) is 23.9 Å². The predicted molar refractivity (Wildman–Crippen MR) is 90.4 cm³/mol. The van der Waals surface area contributed by atoms with Crippen LogP contribution in [0.15, 0.2) is 30.5 Å². The molecule has 0 spiro atoms. The lowest BCUT2D eigenvalue weighted by atomic mass is 10.1. The van der Waals surface area contributed by atoms with E-state index in [-0.39, 0.29) is 12.5 Å². The molecule has 5 nitrogen and oxygen atoms in total. The maximum atomic E-state index is 12.2. The number of aliphatic hydroxyl groups is 1. The van der Waals surface area contributed by atoms with Gasteiger partial charge in [-0.15, -0.1) is 0 Å². The summed E-state index contributed by atoms with van der Waals surface area (Å²) in [5.41, 5.74) is 2.06. The number of nitrogens with zero attached hydrogens (tertiary/aromatic N) is 1. The Balaban J connectivity index is 1.91. The fraction of sp³-hybridized carbons (Fsp3) is 0.333. The Labute approximate surface area is 138 Å². The van der Waals surface area contributed by atoms with Crippen LogP contribution in [0.5, 0.6) is 0 Å². The van der Waals surface area contributed by atoms with Crippen molar-refractivity contribution < 1.29 is 9.90 Å². The Bertz CT molecular complexity index is 601. The SMILES string of the molecule is O=C(NCCSCCCO)c1cn[nH]c1-c1ccc(Cl)cc1. The van der Waals surface area contributed by atoms with Gasteiger partial charge in [0.2, 0.25) is 0 Å². The van der Waals surface area contributed by atoms with Crippen molar-refractivity contribution in [2.24, 2.45) is 0 Å². The van der Waals surface area contributed by atoms with Gasteiger partial charge >= 0.3 is 0 Å². The number of hydrogen-bond donors (Lipinski definition) is 3. The van der Waals surface area contributed by atoms with E-state index in [0.717, 1.165) is 23.5 Å². The Morgan fingerprint density at radius 3 is 2.82 bits per heavy atom. The summed E-state index contributed by atoms with van der Waals surface area (Å²) in [5.74, 6) is 1.56. The van der Waals surface area contributed by atoms with Crippen molar-refractivity contribution in [1.29, 1.82) is 0 Å². The number of hydrogen-bond acceptors (Lipinski definition) is 4. The van der Waals surface area contributed by atoms with Crippen molar-refractivity contribution in [2.45, 2.75) is 6.42 Å². The van der Waals surface area contributed by atoms with E-state index in [0.29, 0.717) is 22.8 Å². The lowest BCUT2D eigenvalue weighted by molar-refractivity contribution is 0.0957. The van der Waals surface area contributed by atoms with Gasteiger partial charge in [0.05, 0.1) is 17.5 Å². The summed E-state index contributed by atoms with van der Waals surface area (Å²) in [7, 11) is 0. The molecule has 0 aliphatic rings. The highest BCUT2D eigenvalue weighted by atomic mass is 35.5. The van der Waals surface area contributed by atoms with Gasteiger partial charge in [0.1, 0.15) is 0 Å². The van der Waals surface area contributed by atoms with E-state index in [9.17, 15) is 4.79 Å². The van der Waals surface area contributed by atoms with Gasteiger partial charge in [0, 0.05) is 29.5 Å². The van der Waals surface area contributed by atoms with Gasteiger partial charge in [-0.2, -0.15) is 16.9 Å². The topological polar surface area (TPSA) is 78.0 Å². The summed E-state index contributed by atoms with van der Waals surface area (Å²) in [6, 6.07) is 7.24. The summed E-state index contributed by atoms with van der Waals surface area (Å²) in [6.45, 7) is 0.791. The zero-order chi connectivity index (χ0) is 15.8. The molecule has 118 valence electrons. The Morgan fingerprint density at radius 2 is 2.09 bits per heavy atom. The fourth-order valence-electron chi connectivity index (χ4n) is 1.90. The van der Waals surface area contributed by atoms with Crippen LogP contribution < -0.4 is 5.32 Å². The van der Waals surface area contributed by atoms with Crippen LogP contribution in [0.1, 0.15) is 16.8 Å². The van der Waals surface area contributed by atoms with Gasteiger partial charge in [-0.3, -0.25) is 9.89 Å². The molecule has 3 N–H and O–H groups in total. The van der Waals surface area contributed by atoms with Gasteiger partial charge in [-0.05, 0) is 24.3 Å². The zero-order valence-electron chi connectivity index (χ0n) is 12.0. The first-order valence-corrected chi connectivity index (χ1v) is 8.51. The first kappa shape index (κ1) is 16.9. The van der Waals surface area contributed by atoms with Crippen molar-refractivity contribution in [3.63, 3.8) is 0 Å². The van der Waals surface area contributed by atoms with Crippen molar-refractivity contribution in [3.8, 4) is 11.3 Å². The molecule has 0 aliphatic heterocycles. The van der Waals surface area contributed by atoms with Crippen molar-refractivity contribution in [3.05, 3.63) is 41.0 Å². The first-order valence-electron chi connectivity index (χ1n) is 6.98. The van der Waals surface area contributed by atoms with E-state index in [1.807, 2.05) is 12.1 Å².